The second-order valence-corrected chi connectivity index (χ2v) is 5.42. The van der Waals surface area contributed by atoms with Crippen LogP contribution in [0.5, 0.6) is 0 Å². The van der Waals surface area contributed by atoms with E-state index in [9.17, 15) is 0 Å². The maximum Gasteiger partial charge on any atom is 0.111 e. The Bertz CT molecular complexity index is 263. The van der Waals surface area contributed by atoms with Gasteiger partial charge in [0.15, 0.2) is 0 Å². The third-order valence-electron chi connectivity index (χ3n) is 3.61. The molecule has 0 radical (unpaired) electrons. The molecule has 4 atom stereocenters. The van der Waals surface area contributed by atoms with Gasteiger partial charge in [-0.2, -0.15) is 0 Å². The van der Waals surface area contributed by atoms with E-state index in [0.717, 1.165) is 0 Å². The molecular formula is C12H26O12. The zero-order valence-corrected chi connectivity index (χ0v) is 12.6. The second kappa shape index (κ2) is 10.5. The summed E-state index contributed by atoms with van der Waals surface area (Å²) in [6, 6.07) is 0. The Balaban J connectivity index is 0.000000441. The Hall–Kier alpha value is -0.480. The van der Waals surface area contributed by atoms with E-state index in [1.54, 1.807) is 0 Å². The summed E-state index contributed by atoms with van der Waals surface area (Å²) in [4.78, 5) is 0. The molecule has 1 rings (SSSR count). The highest BCUT2D eigenvalue weighted by atomic mass is 16.4. The molecule has 0 amide bonds. The van der Waals surface area contributed by atoms with Gasteiger partial charge in [0.1, 0.15) is 61.0 Å². The summed E-state index contributed by atoms with van der Waals surface area (Å²) in [5.74, 6) is 0. The topological polar surface area (TPSA) is 243 Å². The number of aliphatic hydroxyl groups is 12. The van der Waals surface area contributed by atoms with Crippen molar-refractivity contribution in [3.8, 4) is 0 Å². The first-order chi connectivity index (χ1) is 11.0. The summed E-state index contributed by atoms with van der Waals surface area (Å²) in [6.07, 6.45) is -16.2. The van der Waals surface area contributed by atoms with Crippen LogP contribution in [0.4, 0.5) is 0 Å². The summed E-state index contributed by atoms with van der Waals surface area (Å²) in [6.45, 7) is -1.45. The zero-order valence-electron chi connectivity index (χ0n) is 12.6. The predicted octanol–water partition coefficient (Wildman–Crippen LogP) is -7.42. The van der Waals surface area contributed by atoms with Crippen molar-refractivity contribution in [1.82, 2.24) is 0 Å². The lowest BCUT2D eigenvalue weighted by Gasteiger charge is -2.39. The van der Waals surface area contributed by atoms with Crippen molar-refractivity contribution >= 4 is 0 Å². The van der Waals surface area contributed by atoms with E-state index in [2.05, 4.69) is 0 Å². The van der Waals surface area contributed by atoms with Crippen LogP contribution in [0, 0.1) is 0 Å². The molecule has 0 aromatic carbocycles. The summed E-state index contributed by atoms with van der Waals surface area (Å²) >= 11 is 0. The van der Waals surface area contributed by atoms with Crippen molar-refractivity contribution in [1.29, 1.82) is 0 Å². The normalized spacial score (nSPS) is 38.5. The van der Waals surface area contributed by atoms with Gasteiger partial charge in [-0.05, 0) is 0 Å². The van der Waals surface area contributed by atoms with E-state index < -0.39 is 74.3 Å². The van der Waals surface area contributed by atoms with Crippen molar-refractivity contribution in [2.24, 2.45) is 0 Å². The lowest BCUT2D eigenvalue weighted by Crippen LogP contribution is -2.63. The molecule has 0 unspecified atom stereocenters. The van der Waals surface area contributed by atoms with Gasteiger partial charge < -0.3 is 61.3 Å². The minimum atomic E-state index is -1.67. The average Bonchev–Trinajstić information content (AvgIpc) is 2.60. The first-order valence-corrected chi connectivity index (χ1v) is 7.03. The first kappa shape index (κ1) is 23.5. The fraction of sp³-hybridized carbons (Fsp3) is 1.00. The number of rotatable bonds is 5. The van der Waals surface area contributed by atoms with Crippen molar-refractivity contribution < 1.29 is 61.3 Å². The van der Waals surface area contributed by atoms with E-state index in [1.807, 2.05) is 0 Å². The molecule has 0 aromatic rings. The molecule has 1 saturated carbocycles. The van der Waals surface area contributed by atoms with Gasteiger partial charge in [-0.15, -0.1) is 0 Å². The molecule has 1 aliphatic rings. The van der Waals surface area contributed by atoms with Crippen LogP contribution in [-0.4, -0.2) is 136 Å². The fourth-order valence-corrected chi connectivity index (χ4v) is 1.88. The van der Waals surface area contributed by atoms with Gasteiger partial charge in [-0.1, -0.05) is 0 Å². The van der Waals surface area contributed by atoms with Gasteiger partial charge in [0, 0.05) is 0 Å². The number of hydrogen-bond donors (Lipinski definition) is 12. The molecular weight excluding hydrogens is 336 g/mol. The predicted molar refractivity (Wildman–Crippen MR) is 74.2 cm³/mol. The number of aliphatic hydroxyl groups excluding tert-OH is 12. The third kappa shape index (κ3) is 5.80. The molecule has 0 aliphatic heterocycles. The van der Waals surface area contributed by atoms with Crippen LogP contribution < -0.4 is 0 Å². The van der Waals surface area contributed by atoms with Crippen LogP contribution in [-0.2, 0) is 0 Å². The fourth-order valence-electron chi connectivity index (χ4n) is 1.88. The molecule has 1 fully saturated rings. The Morgan fingerprint density at radius 2 is 0.625 bits per heavy atom. The van der Waals surface area contributed by atoms with Gasteiger partial charge in [-0.25, -0.2) is 0 Å². The highest BCUT2D eigenvalue weighted by molar-refractivity contribution is 4.98. The SMILES string of the molecule is OC1C(O)C(O)C(O)C(O)C1O.OC[C@@H](O)[C@H](O)[C@@H](O)[C@H](O)CO. The molecule has 0 spiro atoms. The lowest BCUT2D eigenvalue weighted by molar-refractivity contribution is -0.223. The largest absolute Gasteiger partial charge is 0.394 e. The Morgan fingerprint density at radius 3 is 0.750 bits per heavy atom. The highest BCUT2D eigenvalue weighted by Crippen LogP contribution is 2.20. The van der Waals surface area contributed by atoms with E-state index in [4.69, 9.17) is 61.3 Å². The summed E-state index contributed by atoms with van der Waals surface area (Å²) in [5.41, 5.74) is 0. The van der Waals surface area contributed by atoms with Crippen molar-refractivity contribution in [2.45, 2.75) is 61.0 Å². The van der Waals surface area contributed by atoms with Gasteiger partial charge in [0.25, 0.3) is 0 Å². The zero-order chi connectivity index (χ0) is 19.2. The maximum absolute atomic E-state index is 8.97. The van der Waals surface area contributed by atoms with Crippen molar-refractivity contribution in [2.75, 3.05) is 13.2 Å². The van der Waals surface area contributed by atoms with Gasteiger partial charge in [0.05, 0.1) is 13.2 Å². The third-order valence-corrected chi connectivity index (χ3v) is 3.61. The standard InChI is InChI=1S/C6H12O6.C6H14O6/c7-1-2(8)4(10)6(12)5(11)3(1)9;7-1-3(9)5(11)6(12)4(10)2-8/h1-12H;3-12H,1-2H2/t;3-,4-,5+,6+/m.1/s1. The smallest absolute Gasteiger partial charge is 0.111 e. The lowest BCUT2D eigenvalue weighted by atomic mass is 9.85. The Kier molecular flexibility index (Phi) is 10.3. The summed E-state index contributed by atoms with van der Waals surface area (Å²) in [5, 5.41) is 106. The molecule has 12 heteroatoms. The van der Waals surface area contributed by atoms with E-state index in [-0.39, 0.29) is 0 Å². The Labute approximate surface area is 136 Å². The summed E-state index contributed by atoms with van der Waals surface area (Å²) < 4.78 is 0. The van der Waals surface area contributed by atoms with E-state index >= 15 is 0 Å². The van der Waals surface area contributed by atoms with E-state index in [0.29, 0.717) is 0 Å². The molecule has 146 valence electrons. The molecule has 12 nitrogen and oxygen atoms in total. The molecule has 0 saturated heterocycles. The number of hydrogen-bond acceptors (Lipinski definition) is 12. The van der Waals surface area contributed by atoms with E-state index in [1.165, 1.54) is 0 Å². The highest BCUT2D eigenvalue weighted by Gasteiger charge is 2.47. The second-order valence-electron chi connectivity index (χ2n) is 5.42. The maximum atomic E-state index is 8.97. The molecule has 1 aliphatic carbocycles. The molecule has 12 N–H and O–H groups in total. The minimum absolute atomic E-state index is 0.726. The van der Waals surface area contributed by atoms with Crippen molar-refractivity contribution in [3.05, 3.63) is 0 Å². The molecule has 24 heavy (non-hydrogen) atoms. The quantitative estimate of drug-likeness (QED) is 0.218. The Morgan fingerprint density at radius 1 is 0.458 bits per heavy atom. The van der Waals surface area contributed by atoms with Crippen LogP contribution >= 0.6 is 0 Å². The van der Waals surface area contributed by atoms with Crippen LogP contribution in [0.3, 0.4) is 0 Å². The van der Waals surface area contributed by atoms with Gasteiger partial charge in [0.2, 0.25) is 0 Å². The van der Waals surface area contributed by atoms with Crippen LogP contribution in [0.1, 0.15) is 0 Å². The minimum Gasteiger partial charge on any atom is -0.394 e. The monoisotopic (exact) mass is 362 g/mol. The van der Waals surface area contributed by atoms with Gasteiger partial charge in [-0.3, -0.25) is 0 Å². The van der Waals surface area contributed by atoms with Crippen LogP contribution in [0.15, 0.2) is 0 Å². The molecule has 0 aromatic heterocycles. The van der Waals surface area contributed by atoms with Crippen LogP contribution in [0.25, 0.3) is 0 Å². The molecule has 0 bridgehead atoms. The average molecular weight is 362 g/mol. The first-order valence-electron chi connectivity index (χ1n) is 7.03. The van der Waals surface area contributed by atoms with Crippen LogP contribution in [0.2, 0.25) is 0 Å². The molecule has 0 heterocycles. The van der Waals surface area contributed by atoms with Crippen molar-refractivity contribution in [3.63, 3.8) is 0 Å². The summed E-state index contributed by atoms with van der Waals surface area (Å²) in [7, 11) is 0. The van der Waals surface area contributed by atoms with Gasteiger partial charge >= 0.3 is 0 Å².